The quantitative estimate of drug-likeness (QED) is 0.610. The van der Waals surface area contributed by atoms with Gasteiger partial charge in [0.2, 0.25) is 5.82 Å². The van der Waals surface area contributed by atoms with Gasteiger partial charge in [-0.1, -0.05) is 0 Å². The molecule has 2 saturated heterocycles. The smallest absolute Gasteiger partial charge is 0.313 e. The number of ether oxygens (including phenoxy) is 2. The van der Waals surface area contributed by atoms with E-state index < -0.39 is 0 Å². The molecule has 22 heavy (non-hydrogen) atoms. The van der Waals surface area contributed by atoms with Crippen LogP contribution in [-0.2, 0) is 9.47 Å². The Balaban J connectivity index is 1.87. The highest BCUT2D eigenvalue weighted by molar-refractivity contribution is 5.64. The van der Waals surface area contributed by atoms with Gasteiger partial charge in [-0.25, -0.2) is 4.98 Å². The molecule has 8 heteroatoms. The zero-order chi connectivity index (χ0) is 15.5. The van der Waals surface area contributed by atoms with E-state index in [4.69, 9.17) is 9.47 Å². The SMILES string of the molecule is CC1CN(c2cnc(N3CCOCC3)c([N+](=O)[O-])c2)CCO1. The molecule has 8 nitrogen and oxygen atoms in total. The predicted molar refractivity (Wildman–Crippen MR) is 81.6 cm³/mol. The van der Waals surface area contributed by atoms with Crippen molar-refractivity contribution in [3.05, 3.63) is 22.4 Å². The first-order valence-corrected chi connectivity index (χ1v) is 7.49. The van der Waals surface area contributed by atoms with Crippen LogP contribution >= 0.6 is 0 Å². The van der Waals surface area contributed by atoms with Gasteiger partial charge in [-0.05, 0) is 6.92 Å². The minimum absolute atomic E-state index is 0.0542. The lowest BCUT2D eigenvalue weighted by Crippen LogP contribution is -2.41. The second kappa shape index (κ2) is 6.45. The number of nitro groups is 1. The molecule has 2 fully saturated rings. The molecule has 1 aromatic heterocycles. The average Bonchev–Trinajstić information content (AvgIpc) is 2.55. The van der Waals surface area contributed by atoms with E-state index in [-0.39, 0.29) is 16.7 Å². The van der Waals surface area contributed by atoms with Crippen LogP contribution in [0.15, 0.2) is 12.3 Å². The van der Waals surface area contributed by atoms with Gasteiger partial charge >= 0.3 is 5.69 Å². The Bertz CT molecular complexity index is 548. The molecular weight excluding hydrogens is 288 g/mol. The summed E-state index contributed by atoms with van der Waals surface area (Å²) in [4.78, 5) is 19.4. The van der Waals surface area contributed by atoms with Gasteiger partial charge in [0.1, 0.15) is 0 Å². The van der Waals surface area contributed by atoms with Gasteiger partial charge in [0.05, 0.1) is 42.7 Å². The number of rotatable bonds is 3. The first kappa shape index (κ1) is 15.0. The number of aromatic nitrogens is 1. The fourth-order valence-corrected chi connectivity index (χ4v) is 2.81. The van der Waals surface area contributed by atoms with Gasteiger partial charge in [-0.2, -0.15) is 0 Å². The zero-order valence-corrected chi connectivity index (χ0v) is 12.6. The van der Waals surface area contributed by atoms with E-state index in [1.54, 1.807) is 12.3 Å². The summed E-state index contributed by atoms with van der Waals surface area (Å²) >= 11 is 0. The van der Waals surface area contributed by atoms with Crippen LogP contribution in [0.1, 0.15) is 6.92 Å². The van der Waals surface area contributed by atoms with E-state index >= 15 is 0 Å². The number of hydrogen-bond acceptors (Lipinski definition) is 7. The zero-order valence-electron chi connectivity index (χ0n) is 12.6. The molecule has 2 aliphatic rings. The van der Waals surface area contributed by atoms with Gasteiger partial charge in [-0.3, -0.25) is 10.1 Å². The minimum Gasteiger partial charge on any atom is -0.378 e. The summed E-state index contributed by atoms with van der Waals surface area (Å²) in [6.45, 7) is 6.46. The molecule has 3 rings (SSSR count). The van der Waals surface area contributed by atoms with E-state index in [0.717, 1.165) is 18.8 Å². The van der Waals surface area contributed by atoms with Crippen molar-refractivity contribution in [2.45, 2.75) is 13.0 Å². The highest BCUT2D eigenvalue weighted by Crippen LogP contribution is 2.31. The third kappa shape index (κ3) is 3.12. The van der Waals surface area contributed by atoms with Crippen LogP contribution in [-0.4, -0.2) is 62.0 Å². The fraction of sp³-hybridized carbons (Fsp3) is 0.643. The molecule has 0 N–H and O–H groups in total. The Kier molecular flexibility index (Phi) is 4.39. The van der Waals surface area contributed by atoms with Crippen LogP contribution in [0.3, 0.4) is 0 Å². The van der Waals surface area contributed by atoms with Gasteiger partial charge in [0.15, 0.2) is 0 Å². The maximum absolute atomic E-state index is 11.4. The average molecular weight is 308 g/mol. The van der Waals surface area contributed by atoms with Gasteiger partial charge in [0, 0.05) is 32.2 Å². The molecule has 0 saturated carbocycles. The molecule has 120 valence electrons. The highest BCUT2D eigenvalue weighted by Gasteiger charge is 2.26. The minimum atomic E-state index is -0.356. The fourth-order valence-electron chi connectivity index (χ4n) is 2.81. The van der Waals surface area contributed by atoms with Crippen LogP contribution in [0.5, 0.6) is 0 Å². The molecule has 0 aliphatic carbocycles. The number of nitrogens with zero attached hydrogens (tertiary/aromatic N) is 4. The predicted octanol–water partition coefficient (Wildman–Crippen LogP) is 1.05. The summed E-state index contributed by atoms with van der Waals surface area (Å²) in [7, 11) is 0. The number of pyridine rings is 1. The Morgan fingerprint density at radius 1 is 1.27 bits per heavy atom. The molecule has 1 atom stereocenters. The molecule has 1 aromatic rings. The largest absolute Gasteiger partial charge is 0.378 e. The second-order valence-electron chi connectivity index (χ2n) is 5.52. The van der Waals surface area contributed by atoms with Gasteiger partial charge < -0.3 is 19.3 Å². The van der Waals surface area contributed by atoms with Crippen LogP contribution in [0.25, 0.3) is 0 Å². The van der Waals surface area contributed by atoms with Crippen LogP contribution in [0, 0.1) is 10.1 Å². The van der Waals surface area contributed by atoms with Crippen LogP contribution in [0.4, 0.5) is 17.2 Å². The summed E-state index contributed by atoms with van der Waals surface area (Å²) in [6.07, 6.45) is 1.84. The molecule has 0 amide bonds. The van der Waals surface area contributed by atoms with Crippen LogP contribution in [0.2, 0.25) is 0 Å². The normalized spacial score (nSPS) is 22.7. The summed E-state index contributed by atoms with van der Waals surface area (Å²) in [5.74, 6) is 0.429. The maximum atomic E-state index is 11.4. The second-order valence-corrected chi connectivity index (χ2v) is 5.52. The Morgan fingerprint density at radius 3 is 2.68 bits per heavy atom. The summed E-state index contributed by atoms with van der Waals surface area (Å²) < 4.78 is 10.8. The first-order chi connectivity index (χ1) is 10.6. The highest BCUT2D eigenvalue weighted by atomic mass is 16.6. The lowest BCUT2D eigenvalue weighted by atomic mass is 10.2. The van der Waals surface area contributed by atoms with E-state index in [1.165, 1.54) is 0 Å². The van der Waals surface area contributed by atoms with E-state index in [0.29, 0.717) is 38.7 Å². The molecular formula is C14H20N4O4. The van der Waals surface area contributed by atoms with Crippen molar-refractivity contribution in [2.75, 3.05) is 55.8 Å². The molecule has 0 aromatic carbocycles. The summed E-state index contributed by atoms with van der Waals surface area (Å²) in [5, 5.41) is 11.4. The molecule has 2 aliphatic heterocycles. The van der Waals surface area contributed by atoms with Crippen molar-refractivity contribution in [3.63, 3.8) is 0 Å². The number of anilines is 2. The molecule has 0 radical (unpaired) electrons. The van der Waals surface area contributed by atoms with E-state index in [9.17, 15) is 10.1 Å². The lowest BCUT2D eigenvalue weighted by molar-refractivity contribution is -0.384. The molecule has 0 bridgehead atoms. The van der Waals surface area contributed by atoms with Crippen molar-refractivity contribution < 1.29 is 14.4 Å². The lowest BCUT2D eigenvalue weighted by Gasteiger charge is -2.33. The molecule has 1 unspecified atom stereocenters. The van der Waals surface area contributed by atoms with Crippen molar-refractivity contribution in [1.29, 1.82) is 0 Å². The van der Waals surface area contributed by atoms with Crippen molar-refractivity contribution in [1.82, 2.24) is 4.98 Å². The van der Waals surface area contributed by atoms with Crippen molar-refractivity contribution in [2.24, 2.45) is 0 Å². The third-order valence-corrected chi connectivity index (χ3v) is 3.95. The first-order valence-electron chi connectivity index (χ1n) is 7.49. The Morgan fingerprint density at radius 2 is 2.00 bits per heavy atom. The van der Waals surface area contributed by atoms with Gasteiger partial charge in [0.25, 0.3) is 0 Å². The van der Waals surface area contributed by atoms with Crippen molar-refractivity contribution in [3.8, 4) is 0 Å². The summed E-state index contributed by atoms with van der Waals surface area (Å²) in [6, 6.07) is 1.62. The molecule has 0 spiro atoms. The third-order valence-electron chi connectivity index (χ3n) is 3.95. The number of hydrogen-bond donors (Lipinski definition) is 0. The Labute approximate surface area is 128 Å². The summed E-state index contributed by atoms with van der Waals surface area (Å²) in [5.41, 5.74) is 0.831. The van der Waals surface area contributed by atoms with Crippen molar-refractivity contribution >= 4 is 17.2 Å². The van der Waals surface area contributed by atoms with Crippen LogP contribution < -0.4 is 9.80 Å². The Hall–Kier alpha value is -1.93. The molecule has 3 heterocycles. The number of morpholine rings is 2. The van der Waals surface area contributed by atoms with E-state index in [2.05, 4.69) is 9.88 Å². The standard InChI is InChI=1S/C14H20N4O4/c1-11-10-17(4-7-22-11)12-8-13(18(19)20)14(15-9-12)16-2-5-21-6-3-16/h8-9,11H,2-7,10H2,1H3. The van der Waals surface area contributed by atoms with E-state index in [1.807, 2.05) is 11.8 Å². The monoisotopic (exact) mass is 308 g/mol. The topological polar surface area (TPSA) is 81.0 Å². The van der Waals surface area contributed by atoms with Gasteiger partial charge in [-0.15, -0.1) is 0 Å². The maximum Gasteiger partial charge on any atom is 0.313 e.